The van der Waals surface area contributed by atoms with Crippen LogP contribution in [0.1, 0.15) is 18.4 Å². The molecule has 2 rings (SSSR count). The summed E-state index contributed by atoms with van der Waals surface area (Å²) < 4.78 is 6.98. The van der Waals surface area contributed by atoms with Gasteiger partial charge in [0.1, 0.15) is 0 Å². The molecular weight excluding hydrogens is 290 g/mol. The number of ether oxygens (including phenoxy) is 1. The molecule has 0 aromatic heterocycles. The highest BCUT2D eigenvalue weighted by molar-refractivity contribution is 9.10. The van der Waals surface area contributed by atoms with E-state index in [2.05, 4.69) is 45.5 Å². The molecular formula is C15H22BrNO. The Labute approximate surface area is 118 Å². The van der Waals surface area contributed by atoms with Crippen molar-refractivity contribution >= 4 is 15.9 Å². The molecule has 0 aliphatic heterocycles. The molecule has 3 heteroatoms. The van der Waals surface area contributed by atoms with Crippen LogP contribution in [0.2, 0.25) is 0 Å². The molecule has 1 atom stereocenters. The first-order chi connectivity index (χ1) is 8.78. The molecule has 2 nitrogen and oxygen atoms in total. The molecule has 1 unspecified atom stereocenters. The van der Waals surface area contributed by atoms with Crippen molar-refractivity contribution < 1.29 is 4.74 Å². The molecule has 1 saturated carbocycles. The minimum absolute atomic E-state index is 0.558. The molecule has 1 fully saturated rings. The van der Waals surface area contributed by atoms with Crippen molar-refractivity contribution in [1.82, 2.24) is 5.32 Å². The lowest BCUT2D eigenvalue weighted by atomic mass is 10.00. The maximum Gasteiger partial charge on any atom is 0.0509 e. The Morgan fingerprint density at radius 3 is 2.94 bits per heavy atom. The van der Waals surface area contributed by atoms with Gasteiger partial charge in [-0.15, -0.1) is 0 Å². The summed E-state index contributed by atoms with van der Waals surface area (Å²) >= 11 is 3.52. The van der Waals surface area contributed by atoms with Crippen molar-refractivity contribution in [3.8, 4) is 0 Å². The van der Waals surface area contributed by atoms with Gasteiger partial charge in [0.05, 0.1) is 6.61 Å². The summed E-state index contributed by atoms with van der Waals surface area (Å²) in [6.45, 7) is 2.83. The molecule has 0 heterocycles. The monoisotopic (exact) mass is 311 g/mol. The smallest absolute Gasteiger partial charge is 0.0509 e. The van der Waals surface area contributed by atoms with Crippen molar-refractivity contribution in [2.45, 2.75) is 19.3 Å². The Morgan fingerprint density at radius 2 is 2.28 bits per heavy atom. The van der Waals surface area contributed by atoms with E-state index in [1.807, 2.05) is 7.05 Å². The van der Waals surface area contributed by atoms with E-state index in [-0.39, 0.29) is 0 Å². The summed E-state index contributed by atoms with van der Waals surface area (Å²) in [5, 5.41) is 3.26. The van der Waals surface area contributed by atoms with E-state index in [1.54, 1.807) is 0 Å². The van der Waals surface area contributed by atoms with E-state index < -0.39 is 0 Å². The van der Waals surface area contributed by atoms with Gasteiger partial charge in [-0.25, -0.2) is 0 Å². The molecule has 1 aliphatic rings. The van der Waals surface area contributed by atoms with Crippen LogP contribution in [0.4, 0.5) is 0 Å². The summed E-state index contributed by atoms with van der Waals surface area (Å²) in [6.07, 6.45) is 3.80. The van der Waals surface area contributed by atoms with Crippen LogP contribution in [0.3, 0.4) is 0 Å². The maximum absolute atomic E-state index is 5.82. The SMILES string of the molecule is CNCC(COCC1CC1)Cc1cccc(Br)c1. The largest absolute Gasteiger partial charge is 0.381 e. The van der Waals surface area contributed by atoms with Gasteiger partial charge in [0.25, 0.3) is 0 Å². The molecule has 1 aromatic carbocycles. The van der Waals surface area contributed by atoms with Crippen LogP contribution in [0, 0.1) is 11.8 Å². The molecule has 100 valence electrons. The third-order valence-corrected chi connectivity index (χ3v) is 3.80. The summed E-state index contributed by atoms with van der Waals surface area (Å²) in [5.41, 5.74) is 1.37. The second-order valence-corrected chi connectivity index (χ2v) is 6.15. The number of benzene rings is 1. The van der Waals surface area contributed by atoms with Crippen molar-refractivity contribution in [1.29, 1.82) is 0 Å². The zero-order valence-electron chi connectivity index (χ0n) is 11.0. The highest BCUT2D eigenvalue weighted by Gasteiger charge is 2.21. The zero-order valence-corrected chi connectivity index (χ0v) is 12.6. The number of hydrogen-bond acceptors (Lipinski definition) is 2. The Bertz CT molecular complexity index is 365. The average molecular weight is 312 g/mol. The summed E-state index contributed by atoms with van der Waals surface area (Å²) in [7, 11) is 2.01. The molecule has 1 N–H and O–H groups in total. The molecule has 0 saturated heterocycles. The van der Waals surface area contributed by atoms with Crippen LogP contribution >= 0.6 is 15.9 Å². The number of nitrogens with one attached hydrogen (secondary N) is 1. The Kier molecular flexibility index (Phi) is 5.67. The second-order valence-electron chi connectivity index (χ2n) is 5.24. The standard InChI is InChI=1S/C15H22BrNO/c1-17-9-14(11-18-10-12-5-6-12)7-13-3-2-4-15(16)8-13/h2-4,8,12,14,17H,5-7,9-11H2,1H3. The second kappa shape index (κ2) is 7.27. The van der Waals surface area contributed by atoms with Crippen molar-refractivity contribution in [2.75, 3.05) is 26.8 Å². The van der Waals surface area contributed by atoms with Crippen LogP contribution in [-0.4, -0.2) is 26.8 Å². The fourth-order valence-electron chi connectivity index (χ4n) is 2.16. The fourth-order valence-corrected chi connectivity index (χ4v) is 2.61. The minimum Gasteiger partial charge on any atom is -0.381 e. The Balaban J connectivity index is 1.79. The van der Waals surface area contributed by atoms with E-state index in [9.17, 15) is 0 Å². The number of hydrogen-bond donors (Lipinski definition) is 1. The van der Waals surface area contributed by atoms with Crippen molar-refractivity contribution in [2.24, 2.45) is 11.8 Å². The predicted octanol–water partition coefficient (Wildman–Crippen LogP) is 3.25. The van der Waals surface area contributed by atoms with Gasteiger partial charge in [-0.1, -0.05) is 28.1 Å². The van der Waals surface area contributed by atoms with Crippen LogP contribution in [0.25, 0.3) is 0 Å². The van der Waals surface area contributed by atoms with E-state index in [4.69, 9.17) is 4.74 Å². The van der Waals surface area contributed by atoms with E-state index in [1.165, 1.54) is 18.4 Å². The highest BCUT2D eigenvalue weighted by Crippen LogP contribution is 2.29. The number of halogens is 1. The summed E-state index contributed by atoms with van der Waals surface area (Å²) in [4.78, 5) is 0. The lowest BCUT2D eigenvalue weighted by Gasteiger charge is -2.17. The molecule has 1 aromatic rings. The van der Waals surface area contributed by atoms with Gasteiger partial charge in [-0.2, -0.15) is 0 Å². The van der Waals surface area contributed by atoms with Gasteiger partial charge in [0.2, 0.25) is 0 Å². The summed E-state index contributed by atoms with van der Waals surface area (Å²) in [6, 6.07) is 8.55. The fraction of sp³-hybridized carbons (Fsp3) is 0.600. The van der Waals surface area contributed by atoms with Gasteiger partial charge < -0.3 is 10.1 Å². The summed E-state index contributed by atoms with van der Waals surface area (Å²) in [5.74, 6) is 1.41. The third-order valence-electron chi connectivity index (χ3n) is 3.31. The van der Waals surface area contributed by atoms with Gasteiger partial charge in [0, 0.05) is 17.6 Å². The lowest BCUT2D eigenvalue weighted by molar-refractivity contribution is 0.0913. The Morgan fingerprint density at radius 1 is 1.44 bits per heavy atom. The van der Waals surface area contributed by atoms with Gasteiger partial charge >= 0.3 is 0 Å². The van der Waals surface area contributed by atoms with Crippen LogP contribution in [0.15, 0.2) is 28.7 Å². The quantitative estimate of drug-likeness (QED) is 0.795. The first kappa shape index (κ1) is 14.0. The maximum atomic E-state index is 5.82. The molecule has 0 bridgehead atoms. The zero-order chi connectivity index (χ0) is 12.8. The lowest BCUT2D eigenvalue weighted by Crippen LogP contribution is -2.25. The topological polar surface area (TPSA) is 21.3 Å². The van der Waals surface area contributed by atoms with E-state index in [0.717, 1.165) is 36.6 Å². The van der Waals surface area contributed by atoms with Crippen LogP contribution in [0.5, 0.6) is 0 Å². The Hall–Kier alpha value is -0.380. The van der Waals surface area contributed by atoms with Crippen molar-refractivity contribution in [3.05, 3.63) is 34.3 Å². The average Bonchev–Trinajstić information content (AvgIpc) is 3.13. The normalized spacial score (nSPS) is 16.8. The molecule has 0 radical (unpaired) electrons. The van der Waals surface area contributed by atoms with Crippen molar-refractivity contribution in [3.63, 3.8) is 0 Å². The molecule has 0 amide bonds. The first-order valence-electron chi connectivity index (χ1n) is 6.74. The van der Waals surface area contributed by atoms with Crippen LogP contribution < -0.4 is 5.32 Å². The van der Waals surface area contributed by atoms with Gasteiger partial charge in [-0.05, 0) is 55.8 Å². The molecule has 18 heavy (non-hydrogen) atoms. The van der Waals surface area contributed by atoms with Crippen LogP contribution in [-0.2, 0) is 11.2 Å². The predicted molar refractivity (Wildman–Crippen MR) is 78.8 cm³/mol. The minimum atomic E-state index is 0.558. The van der Waals surface area contributed by atoms with Gasteiger partial charge in [-0.3, -0.25) is 0 Å². The van der Waals surface area contributed by atoms with E-state index >= 15 is 0 Å². The first-order valence-corrected chi connectivity index (χ1v) is 7.54. The third kappa shape index (κ3) is 5.09. The molecule has 0 spiro atoms. The van der Waals surface area contributed by atoms with Gasteiger partial charge in [0.15, 0.2) is 0 Å². The van der Waals surface area contributed by atoms with E-state index in [0.29, 0.717) is 5.92 Å². The highest BCUT2D eigenvalue weighted by atomic mass is 79.9. The number of rotatable bonds is 8. The molecule has 1 aliphatic carbocycles.